The second kappa shape index (κ2) is 6.85. The van der Waals surface area contributed by atoms with Gasteiger partial charge >= 0.3 is 0 Å². The Kier molecular flexibility index (Phi) is 5.14. The lowest BCUT2D eigenvalue weighted by molar-refractivity contribution is -0.117. The molecule has 20 heavy (non-hydrogen) atoms. The highest BCUT2D eigenvalue weighted by molar-refractivity contribution is 5.94. The van der Waals surface area contributed by atoms with Crippen molar-refractivity contribution in [3.63, 3.8) is 0 Å². The number of nitrogens with one attached hydrogen (secondary N) is 1. The van der Waals surface area contributed by atoms with Crippen LogP contribution in [-0.4, -0.2) is 34.4 Å². The summed E-state index contributed by atoms with van der Waals surface area (Å²) in [4.78, 5) is 11.9. The van der Waals surface area contributed by atoms with Crippen molar-refractivity contribution in [2.24, 2.45) is 11.7 Å². The van der Waals surface area contributed by atoms with Crippen LogP contribution in [0, 0.1) is 5.92 Å². The second-order valence-corrected chi connectivity index (χ2v) is 5.81. The fourth-order valence-electron chi connectivity index (χ4n) is 2.37. The lowest BCUT2D eigenvalue weighted by atomic mass is 10.0. The molecule has 1 aromatic rings. The Morgan fingerprint density at radius 2 is 2.45 bits per heavy atom. The lowest BCUT2D eigenvalue weighted by Crippen LogP contribution is -2.36. The molecule has 2 unspecified atom stereocenters. The molecule has 0 radical (unpaired) electrons. The van der Waals surface area contributed by atoms with Gasteiger partial charge < -0.3 is 15.8 Å². The molecule has 2 heterocycles. The molecule has 1 aliphatic rings. The highest BCUT2D eigenvalue weighted by atomic mass is 16.5. The Morgan fingerprint density at radius 3 is 3.10 bits per heavy atom. The van der Waals surface area contributed by atoms with E-state index in [1.54, 1.807) is 10.9 Å². The third-order valence-electron chi connectivity index (χ3n) is 3.38. The van der Waals surface area contributed by atoms with Crippen molar-refractivity contribution in [1.29, 1.82) is 0 Å². The number of nitrogens with zero attached hydrogens (tertiary/aromatic N) is 2. The number of amides is 1. The van der Waals surface area contributed by atoms with E-state index >= 15 is 0 Å². The van der Waals surface area contributed by atoms with Gasteiger partial charge in [-0.2, -0.15) is 5.10 Å². The molecule has 0 aromatic carbocycles. The Morgan fingerprint density at radius 1 is 1.65 bits per heavy atom. The molecule has 0 bridgehead atoms. The number of carbonyl (C=O) groups is 1. The number of carbonyl (C=O) groups excluding carboxylic acids is 1. The first-order chi connectivity index (χ1) is 9.54. The second-order valence-electron chi connectivity index (χ2n) is 5.81. The summed E-state index contributed by atoms with van der Waals surface area (Å²) >= 11 is 0. The number of rotatable bonds is 6. The molecule has 0 spiro atoms. The Hall–Kier alpha value is -1.40. The number of anilines is 1. The van der Waals surface area contributed by atoms with Crippen molar-refractivity contribution in [3.8, 4) is 0 Å². The van der Waals surface area contributed by atoms with Gasteiger partial charge in [-0.25, -0.2) is 0 Å². The first kappa shape index (κ1) is 15.0. The summed E-state index contributed by atoms with van der Waals surface area (Å²) in [5.41, 5.74) is 6.53. The molecule has 6 heteroatoms. The quantitative estimate of drug-likeness (QED) is 0.824. The number of ether oxygens (including phenoxy) is 1. The first-order valence-electron chi connectivity index (χ1n) is 7.25. The maximum absolute atomic E-state index is 11.9. The summed E-state index contributed by atoms with van der Waals surface area (Å²) < 4.78 is 7.37. The molecule has 3 N–H and O–H groups in total. The SMILES string of the molecule is CC(C)CC(N)C(=O)Nc1cnn(CC2CCCO2)c1. The number of hydrogen-bond acceptors (Lipinski definition) is 4. The fraction of sp³-hybridized carbons (Fsp3) is 0.714. The molecular weight excluding hydrogens is 256 g/mol. The summed E-state index contributed by atoms with van der Waals surface area (Å²) in [6, 6.07) is -0.475. The molecule has 112 valence electrons. The van der Waals surface area contributed by atoms with Crippen molar-refractivity contribution in [1.82, 2.24) is 9.78 Å². The van der Waals surface area contributed by atoms with E-state index in [1.807, 2.05) is 20.0 Å². The van der Waals surface area contributed by atoms with E-state index < -0.39 is 6.04 Å². The Bertz CT molecular complexity index is 438. The van der Waals surface area contributed by atoms with Crippen LogP contribution < -0.4 is 11.1 Å². The van der Waals surface area contributed by atoms with Crippen molar-refractivity contribution >= 4 is 11.6 Å². The van der Waals surface area contributed by atoms with E-state index in [0.717, 1.165) is 26.0 Å². The maximum atomic E-state index is 11.9. The predicted octanol–water partition coefficient (Wildman–Crippen LogP) is 1.37. The molecule has 1 aliphatic heterocycles. The van der Waals surface area contributed by atoms with Crippen molar-refractivity contribution in [2.45, 2.75) is 51.8 Å². The van der Waals surface area contributed by atoms with Gasteiger partial charge in [-0.05, 0) is 25.2 Å². The molecule has 1 saturated heterocycles. The van der Waals surface area contributed by atoms with Crippen LogP contribution in [0.4, 0.5) is 5.69 Å². The highest BCUT2D eigenvalue weighted by Crippen LogP contribution is 2.15. The molecule has 1 aromatic heterocycles. The van der Waals surface area contributed by atoms with Crippen LogP contribution in [0.15, 0.2) is 12.4 Å². The zero-order valence-corrected chi connectivity index (χ0v) is 12.2. The summed E-state index contributed by atoms with van der Waals surface area (Å²) in [7, 11) is 0. The Balaban J connectivity index is 1.83. The molecule has 6 nitrogen and oxygen atoms in total. The fourth-order valence-corrected chi connectivity index (χ4v) is 2.37. The Labute approximate surface area is 119 Å². The van der Waals surface area contributed by atoms with Crippen molar-refractivity contribution < 1.29 is 9.53 Å². The smallest absolute Gasteiger partial charge is 0.241 e. The summed E-state index contributed by atoms with van der Waals surface area (Å²) in [6.45, 7) is 5.66. The number of aromatic nitrogens is 2. The van der Waals surface area contributed by atoms with Gasteiger partial charge in [0.15, 0.2) is 0 Å². The topological polar surface area (TPSA) is 82.2 Å². The monoisotopic (exact) mass is 280 g/mol. The normalized spacial score (nSPS) is 20.3. The predicted molar refractivity (Wildman–Crippen MR) is 77.3 cm³/mol. The molecule has 2 rings (SSSR count). The van der Waals surface area contributed by atoms with Gasteiger partial charge in [0.1, 0.15) is 0 Å². The minimum Gasteiger partial charge on any atom is -0.376 e. The molecule has 1 amide bonds. The van der Waals surface area contributed by atoms with Crippen LogP contribution in [-0.2, 0) is 16.1 Å². The van der Waals surface area contributed by atoms with Crippen LogP contribution in [0.5, 0.6) is 0 Å². The van der Waals surface area contributed by atoms with Gasteiger partial charge in [-0.15, -0.1) is 0 Å². The van der Waals surface area contributed by atoms with Crippen LogP contribution >= 0.6 is 0 Å². The maximum Gasteiger partial charge on any atom is 0.241 e. The average molecular weight is 280 g/mol. The molecule has 1 fully saturated rings. The van der Waals surface area contributed by atoms with Crippen LogP contribution in [0.25, 0.3) is 0 Å². The largest absolute Gasteiger partial charge is 0.376 e. The summed E-state index contributed by atoms with van der Waals surface area (Å²) in [5.74, 6) is 0.244. The van der Waals surface area contributed by atoms with Crippen molar-refractivity contribution in [3.05, 3.63) is 12.4 Å². The van der Waals surface area contributed by atoms with E-state index in [1.165, 1.54) is 0 Å². The number of hydrogen-bond donors (Lipinski definition) is 2. The third kappa shape index (κ3) is 4.31. The van der Waals surface area contributed by atoms with Gasteiger partial charge in [-0.3, -0.25) is 9.48 Å². The van der Waals surface area contributed by atoms with Gasteiger partial charge in [0, 0.05) is 12.8 Å². The molecule has 0 saturated carbocycles. The van der Waals surface area contributed by atoms with Gasteiger partial charge in [0.2, 0.25) is 5.91 Å². The number of nitrogens with two attached hydrogens (primary N) is 1. The van der Waals surface area contributed by atoms with Crippen LogP contribution in [0.3, 0.4) is 0 Å². The minimum absolute atomic E-state index is 0.157. The van der Waals surface area contributed by atoms with Crippen LogP contribution in [0.2, 0.25) is 0 Å². The van der Waals surface area contributed by atoms with E-state index in [2.05, 4.69) is 10.4 Å². The van der Waals surface area contributed by atoms with Gasteiger partial charge in [0.25, 0.3) is 0 Å². The van der Waals surface area contributed by atoms with Gasteiger partial charge in [-0.1, -0.05) is 13.8 Å². The summed E-state index contributed by atoms with van der Waals surface area (Å²) in [5, 5.41) is 7.04. The highest BCUT2D eigenvalue weighted by Gasteiger charge is 2.18. The minimum atomic E-state index is -0.475. The molecular formula is C14H24N4O2. The zero-order valence-electron chi connectivity index (χ0n) is 12.2. The van der Waals surface area contributed by atoms with E-state index in [9.17, 15) is 4.79 Å². The lowest BCUT2D eigenvalue weighted by Gasteiger charge is -2.13. The first-order valence-corrected chi connectivity index (χ1v) is 7.25. The standard InChI is InChI=1S/C14H24N4O2/c1-10(2)6-13(15)14(19)17-11-7-16-18(8-11)9-12-4-3-5-20-12/h7-8,10,12-13H,3-6,9,15H2,1-2H3,(H,17,19). The third-order valence-corrected chi connectivity index (χ3v) is 3.38. The molecule has 2 atom stereocenters. The van der Waals surface area contributed by atoms with Crippen molar-refractivity contribution in [2.75, 3.05) is 11.9 Å². The van der Waals surface area contributed by atoms with Gasteiger partial charge in [0.05, 0.1) is 30.6 Å². The molecule has 0 aliphatic carbocycles. The van der Waals surface area contributed by atoms with E-state index in [4.69, 9.17) is 10.5 Å². The van der Waals surface area contributed by atoms with Crippen LogP contribution in [0.1, 0.15) is 33.1 Å². The zero-order chi connectivity index (χ0) is 14.5. The van der Waals surface area contributed by atoms with E-state index in [0.29, 0.717) is 18.0 Å². The van der Waals surface area contributed by atoms with E-state index in [-0.39, 0.29) is 12.0 Å². The summed E-state index contributed by atoms with van der Waals surface area (Å²) in [6.07, 6.45) is 6.56. The average Bonchev–Trinajstić information content (AvgIpc) is 3.01.